The van der Waals surface area contributed by atoms with Gasteiger partial charge in [0.1, 0.15) is 0 Å². The average Bonchev–Trinajstić information content (AvgIpc) is 2.88. The molecule has 0 aliphatic heterocycles. The highest BCUT2D eigenvalue weighted by molar-refractivity contribution is 9.10. The molecule has 0 atom stereocenters. The van der Waals surface area contributed by atoms with Gasteiger partial charge in [-0.1, -0.05) is 41.4 Å². The van der Waals surface area contributed by atoms with Crippen LogP contribution in [0.15, 0.2) is 34.8 Å². The highest BCUT2D eigenvalue weighted by atomic mass is 79.9. The molecule has 1 aromatic carbocycles. The van der Waals surface area contributed by atoms with Gasteiger partial charge in [-0.25, -0.2) is 9.67 Å². The Bertz CT molecular complexity index is 899. The molecule has 0 saturated carbocycles. The zero-order chi connectivity index (χ0) is 18.2. The Morgan fingerprint density at radius 1 is 1.16 bits per heavy atom. The van der Waals surface area contributed by atoms with Gasteiger partial charge in [0.05, 0.1) is 22.3 Å². The van der Waals surface area contributed by atoms with Gasteiger partial charge >= 0.3 is 6.18 Å². The number of halogens is 4. The number of hydrogen-bond donors (Lipinski definition) is 0. The van der Waals surface area contributed by atoms with E-state index in [-0.39, 0.29) is 5.39 Å². The predicted octanol–water partition coefficient (Wildman–Crippen LogP) is 5.99. The van der Waals surface area contributed by atoms with Gasteiger partial charge < -0.3 is 0 Å². The molecule has 0 amide bonds. The summed E-state index contributed by atoms with van der Waals surface area (Å²) in [6.45, 7) is 4.18. The van der Waals surface area contributed by atoms with Crippen molar-refractivity contribution in [1.82, 2.24) is 14.8 Å². The number of aromatic nitrogens is 3. The molecule has 132 valence electrons. The molecule has 0 radical (unpaired) electrons. The third-order valence-corrected chi connectivity index (χ3v) is 4.57. The molecule has 0 saturated heterocycles. The number of hydrogen-bond acceptors (Lipinski definition) is 2. The van der Waals surface area contributed by atoms with Crippen LogP contribution in [-0.4, -0.2) is 14.8 Å². The molecule has 2 aromatic heterocycles. The van der Waals surface area contributed by atoms with Crippen molar-refractivity contribution in [3.8, 4) is 11.3 Å². The van der Waals surface area contributed by atoms with E-state index in [1.54, 1.807) is 35.9 Å². The summed E-state index contributed by atoms with van der Waals surface area (Å²) in [5.74, 6) is 0. The van der Waals surface area contributed by atoms with E-state index in [2.05, 4.69) is 26.0 Å². The Morgan fingerprint density at radius 3 is 2.44 bits per heavy atom. The molecule has 2 heterocycles. The Balaban J connectivity index is 2.27. The molecule has 0 spiro atoms. The minimum atomic E-state index is -4.46. The fraction of sp³-hybridized carbons (Fsp3) is 0.333. The Kier molecular flexibility index (Phi) is 4.86. The van der Waals surface area contributed by atoms with Crippen LogP contribution < -0.4 is 0 Å². The Morgan fingerprint density at radius 2 is 1.84 bits per heavy atom. The molecular formula is C18H17BrF3N3. The maximum atomic E-state index is 13.6. The maximum Gasteiger partial charge on any atom is 0.417 e. The van der Waals surface area contributed by atoms with Crippen molar-refractivity contribution in [2.75, 3.05) is 0 Å². The molecular weight excluding hydrogens is 395 g/mol. The number of benzene rings is 1. The topological polar surface area (TPSA) is 30.7 Å². The third kappa shape index (κ3) is 3.56. The van der Waals surface area contributed by atoms with Crippen LogP contribution in [0, 0.1) is 6.92 Å². The first-order chi connectivity index (χ1) is 11.8. The summed E-state index contributed by atoms with van der Waals surface area (Å²) in [5, 5.41) is 4.38. The van der Waals surface area contributed by atoms with Crippen molar-refractivity contribution in [1.29, 1.82) is 0 Å². The Hall–Kier alpha value is -1.89. The maximum absolute atomic E-state index is 13.6. The van der Waals surface area contributed by atoms with E-state index in [1.807, 2.05) is 6.92 Å². The number of pyridine rings is 1. The molecule has 3 nitrogen and oxygen atoms in total. The number of unbranched alkanes of at least 4 members (excludes halogenated alkanes) is 1. The molecule has 0 unspecified atom stereocenters. The van der Waals surface area contributed by atoms with E-state index < -0.39 is 11.7 Å². The minimum Gasteiger partial charge on any atom is -0.247 e. The monoisotopic (exact) mass is 411 g/mol. The number of alkyl halides is 3. The summed E-state index contributed by atoms with van der Waals surface area (Å²) >= 11 is 3.33. The zero-order valence-corrected chi connectivity index (χ0v) is 15.4. The molecule has 0 aliphatic carbocycles. The van der Waals surface area contributed by atoms with Crippen LogP contribution in [0.5, 0.6) is 0 Å². The lowest BCUT2D eigenvalue weighted by Gasteiger charge is -2.12. The number of nitrogens with zero attached hydrogens (tertiary/aromatic N) is 3. The molecule has 0 bridgehead atoms. The van der Waals surface area contributed by atoms with Crippen molar-refractivity contribution in [2.45, 2.75) is 39.4 Å². The van der Waals surface area contributed by atoms with Crippen molar-refractivity contribution in [2.24, 2.45) is 0 Å². The lowest BCUT2D eigenvalue weighted by Crippen LogP contribution is -2.08. The second-order valence-electron chi connectivity index (χ2n) is 5.92. The molecule has 3 aromatic rings. The summed E-state index contributed by atoms with van der Waals surface area (Å²) < 4.78 is 43.4. The van der Waals surface area contributed by atoms with Gasteiger partial charge in [0.2, 0.25) is 0 Å². The second-order valence-corrected chi connectivity index (χ2v) is 6.84. The van der Waals surface area contributed by atoms with Gasteiger partial charge in [0.25, 0.3) is 0 Å². The van der Waals surface area contributed by atoms with Gasteiger partial charge in [-0.05, 0) is 31.5 Å². The van der Waals surface area contributed by atoms with Crippen LogP contribution in [0.1, 0.15) is 31.0 Å². The lowest BCUT2D eigenvalue weighted by molar-refractivity contribution is -0.136. The third-order valence-electron chi connectivity index (χ3n) is 4.05. The van der Waals surface area contributed by atoms with Gasteiger partial charge in [0.15, 0.2) is 5.65 Å². The summed E-state index contributed by atoms with van der Waals surface area (Å²) in [7, 11) is 0. The fourth-order valence-electron chi connectivity index (χ4n) is 2.81. The van der Waals surface area contributed by atoms with Crippen LogP contribution in [0.2, 0.25) is 0 Å². The summed E-state index contributed by atoms with van der Waals surface area (Å²) in [6, 6.07) is 8.18. The van der Waals surface area contributed by atoms with Crippen LogP contribution >= 0.6 is 15.9 Å². The first kappa shape index (κ1) is 17.9. The van der Waals surface area contributed by atoms with Gasteiger partial charge in [-0.3, -0.25) is 0 Å². The summed E-state index contributed by atoms with van der Waals surface area (Å²) in [5.41, 5.74) is 0.893. The normalized spacial score (nSPS) is 12.1. The van der Waals surface area contributed by atoms with Crippen molar-refractivity contribution >= 4 is 27.0 Å². The second kappa shape index (κ2) is 6.78. The molecule has 0 fully saturated rings. The van der Waals surface area contributed by atoms with E-state index in [9.17, 15) is 13.2 Å². The van der Waals surface area contributed by atoms with Crippen molar-refractivity contribution < 1.29 is 13.2 Å². The van der Waals surface area contributed by atoms with E-state index in [0.29, 0.717) is 29.1 Å². The predicted molar refractivity (Wildman–Crippen MR) is 95.3 cm³/mol. The van der Waals surface area contributed by atoms with E-state index in [1.165, 1.54) is 0 Å². The smallest absolute Gasteiger partial charge is 0.247 e. The van der Waals surface area contributed by atoms with E-state index in [0.717, 1.165) is 23.4 Å². The standard InChI is InChI=1S/C18H17BrF3N3/c1-3-4-9-25-17-16(11(2)24-25)14(18(20,21)22)10-15(23-17)12-5-7-13(19)8-6-12/h5-8,10H,3-4,9H2,1-2H3. The molecule has 0 aliphatic rings. The van der Waals surface area contributed by atoms with E-state index >= 15 is 0 Å². The highest BCUT2D eigenvalue weighted by Gasteiger charge is 2.35. The van der Waals surface area contributed by atoms with Crippen LogP contribution in [0.25, 0.3) is 22.3 Å². The number of rotatable bonds is 4. The lowest BCUT2D eigenvalue weighted by atomic mass is 10.1. The number of aryl methyl sites for hydroxylation is 2. The summed E-state index contributed by atoms with van der Waals surface area (Å²) in [6.07, 6.45) is -2.70. The van der Waals surface area contributed by atoms with Crippen molar-refractivity contribution in [3.05, 3.63) is 46.1 Å². The minimum absolute atomic E-state index is 0.0875. The fourth-order valence-corrected chi connectivity index (χ4v) is 3.07. The quantitative estimate of drug-likeness (QED) is 0.527. The highest BCUT2D eigenvalue weighted by Crippen LogP contribution is 2.38. The van der Waals surface area contributed by atoms with Gasteiger partial charge in [0, 0.05) is 16.6 Å². The first-order valence-corrected chi connectivity index (χ1v) is 8.82. The van der Waals surface area contributed by atoms with Crippen LogP contribution in [-0.2, 0) is 12.7 Å². The van der Waals surface area contributed by atoms with Gasteiger partial charge in [-0.2, -0.15) is 18.3 Å². The van der Waals surface area contributed by atoms with Crippen LogP contribution in [0.4, 0.5) is 13.2 Å². The van der Waals surface area contributed by atoms with Crippen LogP contribution in [0.3, 0.4) is 0 Å². The molecule has 7 heteroatoms. The van der Waals surface area contributed by atoms with Gasteiger partial charge in [-0.15, -0.1) is 0 Å². The summed E-state index contributed by atoms with van der Waals surface area (Å²) in [4.78, 5) is 4.51. The molecule has 3 rings (SSSR count). The zero-order valence-electron chi connectivity index (χ0n) is 13.9. The average molecular weight is 412 g/mol. The largest absolute Gasteiger partial charge is 0.417 e. The van der Waals surface area contributed by atoms with E-state index in [4.69, 9.17) is 0 Å². The number of fused-ring (bicyclic) bond motifs is 1. The SMILES string of the molecule is CCCCn1nc(C)c2c(C(F)(F)F)cc(-c3ccc(Br)cc3)nc21. The molecule has 25 heavy (non-hydrogen) atoms. The Labute approximate surface area is 152 Å². The van der Waals surface area contributed by atoms with Crippen molar-refractivity contribution in [3.63, 3.8) is 0 Å². The molecule has 0 N–H and O–H groups in total. The first-order valence-electron chi connectivity index (χ1n) is 8.02.